The number of fused-ring (bicyclic) bond motifs is 1. The molecule has 0 amide bonds. The fraction of sp³-hybridized carbons (Fsp3) is 0.167. The first-order valence-corrected chi connectivity index (χ1v) is 7.31. The van der Waals surface area contributed by atoms with Gasteiger partial charge in [0, 0.05) is 17.0 Å². The Hall–Kier alpha value is -2.26. The molecule has 3 rings (SSSR count). The number of aryl methyl sites for hydroxylation is 1. The van der Waals surface area contributed by atoms with Gasteiger partial charge in [0.05, 0.1) is 12.5 Å². The number of ether oxygens (including phenoxy) is 1. The molecule has 3 nitrogen and oxygen atoms in total. The van der Waals surface area contributed by atoms with Gasteiger partial charge >= 0.3 is 5.63 Å². The Balaban J connectivity index is 2.15. The maximum absolute atomic E-state index is 12.2. The van der Waals surface area contributed by atoms with Gasteiger partial charge in [-0.15, -0.1) is 0 Å². The lowest BCUT2D eigenvalue weighted by atomic mass is 10.0. The molecule has 0 aliphatic rings. The van der Waals surface area contributed by atoms with E-state index in [0.29, 0.717) is 28.3 Å². The van der Waals surface area contributed by atoms with Gasteiger partial charge in [0.2, 0.25) is 0 Å². The minimum Gasteiger partial charge on any atom is -0.496 e. The number of methoxy groups -OCH3 is 1. The Morgan fingerprint density at radius 2 is 1.91 bits per heavy atom. The van der Waals surface area contributed by atoms with E-state index < -0.39 is 0 Å². The topological polar surface area (TPSA) is 39.4 Å². The van der Waals surface area contributed by atoms with Gasteiger partial charge in [0.25, 0.3) is 0 Å². The van der Waals surface area contributed by atoms with E-state index in [0.717, 1.165) is 16.5 Å². The van der Waals surface area contributed by atoms with Crippen molar-refractivity contribution in [2.45, 2.75) is 13.3 Å². The summed E-state index contributed by atoms with van der Waals surface area (Å²) in [5.41, 5.74) is 2.61. The first-order chi connectivity index (χ1) is 10.6. The zero-order chi connectivity index (χ0) is 15.7. The van der Waals surface area contributed by atoms with Crippen LogP contribution in [0.1, 0.15) is 16.7 Å². The quantitative estimate of drug-likeness (QED) is 0.674. The van der Waals surface area contributed by atoms with Crippen LogP contribution >= 0.6 is 11.6 Å². The highest BCUT2D eigenvalue weighted by molar-refractivity contribution is 6.31. The molecule has 0 saturated heterocycles. The normalized spacial score (nSPS) is 10.9. The lowest BCUT2D eigenvalue weighted by Crippen LogP contribution is -2.08. The van der Waals surface area contributed by atoms with Crippen molar-refractivity contribution in [1.82, 2.24) is 0 Å². The molecule has 1 heterocycles. The highest BCUT2D eigenvalue weighted by Gasteiger charge is 2.12. The van der Waals surface area contributed by atoms with Gasteiger partial charge in [0.15, 0.2) is 0 Å². The van der Waals surface area contributed by atoms with E-state index in [1.165, 1.54) is 0 Å². The molecule has 3 aromatic rings. The van der Waals surface area contributed by atoms with Crippen LogP contribution in [0, 0.1) is 6.92 Å². The molecule has 0 radical (unpaired) electrons. The van der Waals surface area contributed by atoms with Crippen molar-refractivity contribution in [3.63, 3.8) is 0 Å². The number of hydrogen-bond donors (Lipinski definition) is 0. The van der Waals surface area contributed by atoms with Crippen LogP contribution in [0.2, 0.25) is 5.02 Å². The summed E-state index contributed by atoms with van der Waals surface area (Å²) in [6.45, 7) is 1.93. The van der Waals surface area contributed by atoms with Gasteiger partial charge in [-0.2, -0.15) is 0 Å². The van der Waals surface area contributed by atoms with E-state index in [4.69, 9.17) is 20.8 Å². The summed E-state index contributed by atoms with van der Waals surface area (Å²) in [5, 5.41) is 1.42. The highest BCUT2D eigenvalue weighted by Crippen LogP contribution is 2.28. The molecule has 0 atom stereocenters. The standard InChI is InChI=1S/C18H15ClO3/c1-11-7-16(21-2)14-10-13(18(20)22-17(14)8-11)9-12-5-3-4-6-15(12)19/h3-8,10H,9H2,1-2H3. The summed E-state index contributed by atoms with van der Waals surface area (Å²) >= 11 is 6.17. The second-order valence-corrected chi connectivity index (χ2v) is 5.61. The van der Waals surface area contributed by atoms with Gasteiger partial charge in [-0.25, -0.2) is 4.79 Å². The fourth-order valence-corrected chi connectivity index (χ4v) is 2.70. The lowest BCUT2D eigenvalue weighted by Gasteiger charge is -2.08. The van der Waals surface area contributed by atoms with E-state index in [1.807, 2.05) is 49.4 Å². The Morgan fingerprint density at radius 3 is 2.64 bits per heavy atom. The van der Waals surface area contributed by atoms with Crippen molar-refractivity contribution in [2.75, 3.05) is 7.11 Å². The average Bonchev–Trinajstić information content (AvgIpc) is 2.49. The molecule has 0 aliphatic heterocycles. The SMILES string of the molecule is COc1cc(C)cc2oc(=O)c(Cc3ccccc3Cl)cc12. The molecule has 4 heteroatoms. The van der Waals surface area contributed by atoms with Crippen LogP contribution in [0.4, 0.5) is 0 Å². The molecule has 0 N–H and O–H groups in total. The minimum absolute atomic E-state index is 0.347. The third-order valence-electron chi connectivity index (χ3n) is 3.59. The third kappa shape index (κ3) is 2.72. The first-order valence-electron chi connectivity index (χ1n) is 6.93. The second-order valence-electron chi connectivity index (χ2n) is 5.21. The van der Waals surface area contributed by atoms with Crippen molar-refractivity contribution in [3.05, 3.63) is 74.6 Å². The summed E-state index contributed by atoms with van der Waals surface area (Å²) < 4.78 is 10.8. The molecule has 1 aromatic heterocycles. The summed E-state index contributed by atoms with van der Waals surface area (Å²) in [7, 11) is 1.60. The minimum atomic E-state index is -0.347. The van der Waals surface area contributed by atoms with Crippen LogP contribution in [0.15, 0.2) is 51.7 Å². The summed E-state index contributed by atoms with van der Waals surface area (Å²) in [5.74, 6) is 0.694. The molecule has 22 heavy (non-hydrogen) atoms. The van der Waals surface area contributed by atoms with Gasteiger partial charge in [-0.1, -0.05) is 29.8 Å². The van der Waals surface area contributed by atoms with Crippen molar-refractivity contribution in [3.8, 4) is 5.75 Å². The Morgan fingerprint density at radius 1 is 1.14 bits per heavy atom. The first kappa shape index (κ1) is 14.7. The van der Waals surface area contributed by atoms with E-state index >= 15 is 0 Å². The average molecular weight is 315 g/mol. The maximum atomic E-state index is 12.2. The van der Waals surface area contributed by atoms with Crippen LogP contribution in [-0.2, 0) is 6.42 Å². The Labute approximate surface area is 133 Å². The Bertz CT molecular complexity index is 896. The monoisotopic (exact) mass is 314 g/mol. The van der Waals surface area contributed by atoms with Crippen LogP contribution in [-0.4, -0.2) is 7.11 Å². The van der Waals surface area contributed by atoms with Gasteiger partial charge in [0.1, 0.15) is 11.3 Å². The summed E-state index contributed by atoms with van der Waals surface area (Å²) in [4.78, 5) is 12.2. The van der Waals surface area contributed by atoms with Crippen molar-refractivity contribution in [2.24, 2.45) is 0 Å². The Kier molecular flexibility index (Phi) is 3.90. The molecule has 0 unspecified atom stereocenters. The third-order valence-corrected chi connectivity index (χ3v) is 3.96. The molecule has 112 valence electrons. The molecule has 2 aromatic carbocycles. The largest absolute Gasteiger partial charge is 0.496 e. The van der Waals surface area contributed by atoms with Gasteiger partial charge < -0.3 is 9.15 Å². The number of benzene rings is 2. The smallest absolute Gasteiger partial charge is 0.339 e. The molecule has 0 spiro atoms. The predicted octanol–water partition coefficient (Wildman–Crippen LogP) is 4.35. The van der Waals surface area contributed by atoms with E-state index in [-0.39, 0.29) is 5.63 Å². The molecule has 0 aliphatic carbocycles. The van der Waals surface area contributed by atoms with Crippen LogP contribution in [0.25, 0.3) is 11.0 Å². The van der Waals surface area contributed by atoms with Gasteiger partial charge in [-0.05, 0) is 42.3 Å². The van der Waals surface area contributed by atoms with Gasteiger partial charge in [-0.3, -0.25) is 0 Å². The zero-order valence-corrected chi connectivity index (χ0v) is 13.1. The van der Waals surface area contributed by atoms with E-state index in [2.05, 4.69) is 0 Å². The molecule has 0 fully saturated rings. The summed E-state index contributed by atoms with van der Waals surface area (Å²) in [6.07, 6.45) is 0.426. The number of halogens is 1. The van der Waals surface area contributed by atoms with E-state index in [9.17, 15) is 4.79 Å². The molecular weight excluding hydrogens is 300 g/mol. The number of rotatable bonds is 3. The lowest BCUT2D eigenvalue weighted by molar-refractivity contribution is 0.418. The van der Waals surface area contributed by atoms with Crippen LogP contribution in [0.5, 0.6) is 5.75 Å². The molecule has 0 saturated carbocycles. The number of hydrogen-bond acceptors (Lipinski definition) is 3. The maximum Gasteiger partial charge on any atom is 0.339 e. The second kappa shape index (κ2) is 5.85. The summed E-state index contributed by atoms with van der Waals surface area (Å²) in [6, 6.07) is 13.0. The van der Waals surface area contributed by atoms with Crippen molar-refractivity contribution >= 4 is 22.6 Å². The fourth-order valence-electron chi connectivity index (χ4n) is 2.50. The van der Waals surface area contributed by atoms with Crippen LogP contribution < -0.4 is 10.4 Å². The zero-order valence-electron chi connectivity index (χ0n) is 12.4. The molecule has 0 bridgehead atoms. The van der Waals surface area contributed by atoms with Crippen LogP contribution in [0.3, 0.4) is 0 Å². The molecular formula is C18H15ClO3. The predicted molar refractivity (Wildman–Crippen MR) is 88.0 cm³/mol. The van der Waals surface area contributed by atoms with Crippen molar-refractivity contribution < 1.29 is 9.15 Å². The highest BCUT2D eigenvalue weighted by atomic mass is 35.5. The van der Waals surface area contributed by atoms with Crippen molar-refractivity contribution in [1.29, 1.82) is 0 Å². The van der Waals surface area contributed by atoms with E-state index in [1.54, 1.807) is 7.11 Å².